The van der Waals surface area contributed by atoms with Gasteiger partial charge in [-0.05, 0) is 23.8 Å². The molecule has 0 bridgehead atoms. The summed E-state index contributed by atoms with van der Waals surface area (Å²) >= 11 is 3.37. The predicted molar refractivity (Wildman–Crippen MR) is 86.5 cm³/mol. The lowest BCUT2D eigenvalue weighted by molar-refractivity contribution is 0.400. The van der Waals surface area contributed by atoms with Crippen LogP contribution >= 0.6 is 15.9 Å². The van der Waals surface area contributed by atoms with Crippen molar-refractivity contribution in [2.24, 2.45) is 0 Å². The number of nitrogens with zero attached hydrogens (tertiary/aromatic N) is 2. The van der Waals surface area contributed by atoms with E-state index in [0.717, 1.165) is 21.4 Å². The van der Waals surface area contributed by atoms with E-state index in [2.05, 4.69) is 26.2 Å². The number of hydrogen-bond acceptors (Lipinski definition) is 4. The normalized spacial score (nSPS) is 10.3. The minimum Gasteiger partial charge on any atom is -0.479 e. The standard InChI is InChI=1S/C15H17BrFN3O/c1-20(2)13-6-7-18-15(21-3)14(13)19-9-10-4-5-11(17)8-12(10)16/h4-8,19H,9H2,1-3H3. The molecule has 1 N–H and O–H groups in total. The summed E-state index contributed by atoms with van der Waals surface area (Å²) in [7, 11) is 5.49. The summed E-state index contributed by atoms with van der Waals surface area (Å²) in [6.07, 6.45) is 1.70. The van der Waals surface area contributed by atoms with Crippen molar-refractivity contribution in [3.05, 3.63) is 46.3 Å². The highest BCUT2D eigenvalue weighted by Gasteiger charge is 2.12. The number of nitrogens with one attached hydrogen (secondary N) is 1. The Hall–Kier alpha value is -1.82. The maximum atomic E-state index is 13.1. The van der Waals surface area contributed by atoms with Crippen LogP contribution in [-0.2, 0) is 6.54 Å². The van der Waals surface area contributed by atoms with Gasteiger partial charge in [0.15, 0.2) is 0 Å². The molecule has 0 aliphatic carbocycles. The van der Waals surface area contributed by atoms with Crippen molar-refractivity contribution in [3.63, 3.8) is 0 Å². The number of benzene rings is 1. The van der Waals surface area contributed by atoms with Crippen LogP contribution < -0.4 is 15.0 Å². The van der Waals surface area contributed by atoms with Crippen molar-refractivity contribution < 1.29 is 9.13 Å². The molecule has 0 aliphatic rings. The van der Waals surface area contributed by atoms with Gasteiger partial charge in [-0.2, -0.15) is 0 Å². The Kier molecular flexibility index (Phi) is 5.01. The third-order valence-corrected chi connectivity index (χ3v) is 3.78. The van der Waals surface area contributed by atoms with Crippen LogP contribution in [0, 0.1) is 5.82 Å². The number of aromatic nitrogens is 1. The summed E-state index contributed by atoms with van der Waals surface area (Å²) in [5, 5.41) is 3.31. The van der Waals surface area contributed by atoms with E-state index in [1.165, 1.54) is 12.1 Å². The second kappa shape index (κ2) is 6.76. The van der Waals surface area contributed by atoms with E-state index >= 15 is 0 Å². The molecular weight excluding hydrogens is 337 g/mol. The smallest absolute Gasteiger partial charge is 0.239 e. The molecule has 0 saturated heterocycles. The van der Waals surface area contributed by atoms with Gasteiger partial charge < -0.3 is 15.0 Å². The molecule has 1 aromatic carbocycles. The largest absolute Gasteiger partial charge is 0.479 e. The fourth-order valence-electron chi connectivity index (χ4n) is 1.98. The lowest BCUT2D eigenvalue weighted by Gasteiger charge is -2.20. The average molecular weight is 354 g/mol. The molecule has 0 spiro atoms. The summed E-state index contributed by atoms with van der Waals surface area (Å²) in [6.45, 7) is 0.532. The van der Waals surface area contributed by atoms with Gasteiger partial charge in [-0.15, -0.1) is 0 Å². The van der Waals surface area contributed by atoms with Crippen molar-refractivity contribution in [3.8, 4) is 5.88 Å². The Bertz CT molecular complexity index is 634. The van der Waals surface area contributed by atoms with Gasteiger partial charge in [0.05, 0.1) is 12.8 Å². The minimum atomic E-state index is -0.265. The van der Waals surface area contributed by atoms with Gasteiger partial charge in [0.2, 0.25) is 5.88 Å². The molecule has 0 saturated carbocycles. The van der Waals surface area contributed by atoms with Crippen molar-refractivity contribution in [1.82, 2.24) is 4.98 Å². The first-order chi connectivity index (χ1) is 10.0. The van der Waals surface area contributed by atoms with Crippen LogP contribution in [0.3, 0.4) is 0 Å². The molecule has 1 heterocycles. The first kappa shape index (κ1) is 15.6. The average Bonchev–Trinajstić information content (AvgIpc) is 2.45. The van der Waals surface area contributed by atoms with Crippen LogP contribution in [0.15, 0.2) is 34.9 Å². The predicted octanol–water partition coefficient (Wildman–Crippen LogP) is 3.67. The molecule has 4 nitrogen and oxygen atoms in total. The van der Waals surface area contributed by atoms with E-state index in [9.17, 15) is 4.39 Å². The van der Waals surface area contributed by atoms with Crippen LogP contribution in [-0.4, -0.2) is 26.2 Å². The zero-order valence-corrected chi connectivity index (χ0v) is 13.7. The summed E-state index contributed by atoms with van der Waals surface area (Å²) in [5.74, 6) is 0.262. The maximum Gasteiger partial charge on any atom is 0.239 e. The third-order valence-electron chi connectivity index (χ3n) is 3.04. The first-order valence-electron chi connectivity index (χ1n) is 6.41. The van der Waals surface area contributed by atoms with Gasteiger partial charge in [-0.25, -0.2) is 9.37 Å². The minimum absolute atomic E-state index is 0.265. The first-order valence-corrected chi connectivity index (χ1v) is 7.20. The van der Waals surface area contributed by atoms with Gasteiger partial charge in [0.1, 0.15) is 11.5 Å². The number of halogens is 2. The van der Waals surface area contributed by atoms with E-state index in [1.807, 2.05) is 25.1 Å². The molecule has 0 amide bonds. The Morgan fingerprint density at radius 2 is 2.10 bits per heavy atom. The Morgan fingerprint density at radius 3 is 2.71 bits per heavy atom. The Balaban J connectivity index is 2.26. The van der Waals surface area contributed by atoms with Gasteiger partial charge in [0.25, 0.3) is 0 Å². The molecule has 21 heavy (non-hydrogen) atoms. The van der Waals surface area contributed by atoms with Crippen LogP contribution in [0.4, 0.5) is 15.8 Å². The summed E-state index contributed by atoms with van der Waals surface area (Å²) in [4.78, 5) is 6.18. The highest BCUT2D eigenvalue weighted by atomic mass is 79.9. The van der Waals surface area contributed by atoms with Crippen molar-refractivity contribution in [2.45, 2.75) is 6.54 Å². The topological polar surface area (TPSA) is 37.4 Å². The number of hydrogen-bond donors (Lipinski definition) is 1. The fraction of sp³-hybridized carbons (Fsp3) is 0.267. The fourth-order valence-corrected chi connectivity index (χ4v) is 2.47. The molecule has 0 atom stereocenters. The van der Waals surface area contributed by atoms with E-state index in [0.29, 0.717) is 12.4 Å². The van der Waals surface area contributed by atoms with Crippen LogP contribution in [0.25, 0.3) is 0 Å². The number of rotatable bonds is 5. The van der Waals surface area contributed by atoms with E-state index in [-0.39, 0.29) is 5.82 Å². The summed E-state index contributed by atoms with van der Waals surface area (Å²) < 4.78 is 19.1. The molecule has 0 fully saturated rings. The molecule has 0 radical (unpaired) electrons. The number of anilines is 2. The molecule has 2 rings (SSSR count). The zero-order valence-electron chi connectivity index (χ0n) is 12.2. The van der Waals surface area contributed by atoms with Gasteiger partial charge in [-0.3, -0.25) is 0 Å². The van der Waals surface area contributed by atoms with Gasteiger partial charge in [-0.1, -0.05) is 22.0 Å². The van der Waals surface area contributed by atoms with Crippen LogP contribution in [0.1, 0.15) is 5.56 Å². The molecule has 2 aromatic rings. The molecule has 0 aliphatic heterocycles. The monoisotopic (exact) mass is 353 g/mol. The number of pyridine rings is 1. The number of methoxy groups -OCH3 is 1. The highest BCUT2D eigenvalue weighted by Crippen LogP contribution is 2.32. The quantitative estimate of drug-likeness (QED) is 0.889. The van der Waals surface area contributed by atoms with Gasteiger partial charge in [0, 0.05) is 31.3 Å². The van der Waals surface area contributed by atoms with Crippen molar-refractivity contribution >= 4 is 27.3 Å². The third kappa shape index (κ3) is 3.64. The highest BCUT2D eigenvalue weighted by molar-refractivity contribution is 9.10. The lowest BCUT2D eigenvalue weighted by atomic mass is 10.2. The van der Waals surface area contributed by atoms with Crippen LogP contribution in [0.5, 0.6) is 5.88 Å². The van der Waals surface area contributed by atoms with E-state index in [4.69, 9.17) is 4.74 Å². The second-order valence-corrected chi connectivity index (χ2v) is 5.55. The van der Waals surface area contributed by atoms with E-state index < -0.39 is 0 Å². The Morgan fingerprint density at radius 1 is 1.33 bits per heavy atom. The van der Waals surface area contributed by atoms with Crippen LogP contribution in [0.2, 0.25) is 0 Å². The lowest BCUT2D eigenvalue weighted by Crippen LogP contribution is -2.13. The van der Waals surface area contributed by atoms with Crippen molar-refractivity contribution in [2.75, 3.05) is 31.4 Å². The second-order valence-electron chi connectivity index (χ2n) is 4.70. The number of ether oxygens (including phenoxy) is 1. The zero-order chi connectivity index (χ0) is 15.4. The maximum absolute atomic E-state index is 13.1. The van der Waals surface area contributed by atoms with Crippen molar-refractivity contribution in [1.29, 1.82) is 0 Å². The summed E-state index contributed by atoms with van der Waals surface area (Å²) in [5.41, 5.74) is 2.73. The Labute approximate surface area is 132 Å². The molecular formula is C15H17BrFN3O. The molecule has 112 valence electrons. The van der Waals surface area contributed by atoms with E-state index in [1.54, 1.807) is 19.4 Å². The summed E-state index contributed by atoms with van der Waals surface area (Å²) in [6, 6.07) is 6.54. The molecule has 0 unspecified atom stereocenters. The SMILES string of the molecule is COc1nccc(N(C)C)c1NCc1ccc(F)cc1Br. The molecule has 1 aromatic heterocycles. The van der Waals surface area contributed by atoms with Gasteiger partial charge >= 0.3 is 0 Å². The molecule has 6 heteroatoms.